The molecule has 4 amide bonds. The van der Waals surface area contributed by atoms with Gasteiger partial charge in [-0.3, -0.25) is 9.59 Å². The van der Waals surface area contributed by atoms with Crippen molar-refractivity contribution in [2.45, 2.75) is 12.8 Å². The van der Waals surface area contributed by atoms with Crippen LogP contribution >= 0.6 is 11.3 Å². The van der Waals surface area contributed by atoms with Crippen LogP contribution in [0.25, 0.3) is 10.2 Å². The molecule has 1 aliphatic heterocycles. The van der Waals surface area contributed by atoms with Crippen molar-refractivity contribution >= 4 is 50.2 Å². The number of anilines is 2. The minimum atomic E-state index is -0.334. The Hall–Kier alpha value is -2.74. The van der Waals surface area contributed by atoms with E-state index in [2.05, 4.69) is 22.2 Å². The first-order valence-corrected chi connectivity index (χ1v) is 7.82. The lowest BCUT2D eigenvalue weighted by Crippen LogP contribution is -2.28. The van der Waals surface area contributed by atoms with E-state index in [9.17, 15) is 14.4 Å². The second-order valence-corrected chi connectivity index (χ2v) is 5.93. The van der Waals surface area contributed by atoms with Gasteiger partial charge in [-0.15, -0.1) is 6.58 Å². The monoisotopic (exact) mass is 330 g/mol. The van der Waals surface area contributed by atoms with Crippen LogP contribution in [0.2, 0.25) is 0 Å². The fourth-order valence-corrected chi connectivity index (χ4v) is 3.26. The summed E-state index contributed by atoms with van der Waals surface area (Å²) in [5.74, 6) is -0.451. The molecule has 3 rings (SSSR count). The zero-order valence-electron chi connectivity index (χ0n) is 12.2. The van der Waals surface area contributed by atoms with Gasteiger partial charge in [-0.05, 0) is 18.2 Å². The highest BCUT2D eigenvalue weighted by molar-refractivity contribution is 7.22. The van der Waals surface area contributed by atoms with E-state index < -0.39 is 0 Å². The minimum absolute atomic E-state index is 0.226. The topological polar surface area (TPSA) is 91.4 Å². The van der Waals surface area contributed by atoms with Crippen LogP contribution in [0.5, 0.6) is 0 Å². The van der Waals surface area contributed by atoms with Crippen molar-refractivity contribution in [3.05, 3.63) is 30.9 Å². The van der Waals surface area contributed by atoms with Gasteiger partial charge in [0.2, 0.25) is 11.8 Å². The molecule has 1 aliphatic rings. The van der Waals surface area contributed by atoms with Gasteiger partial charge < -0.3 is 10.6 Å². The summed E-state index contributed by atoms with van der Waals surface area (Å²) in [6.45, 7) is 3.90. The number of fused-ring (bicyclic) bond motifs is 1. The van der Waals surface area contributed by atoms with Crippen molar-refractivity contribution < 1.29 is 14.4 Å². The molecule has 2 N–H and O–H groups in total. The summed E-state index contributed by atoms with van der Waals surface area (Å²) in [5, 5.41) is 5.69. The van der Waals surface area contributed by atoms with E-state index in [0.29, 0.717) is 22.9 Å². The highest BCUT2D eigenvalue weighted by atomic mass is 32.1. The number of urea groups is 1. The first-order valence-electron chi connectivity index (χ1n) is 7.00. The molecule has 118 valence electrons. The minimum Gasteiger partial charge on any atom is -0.334 e. The van der Waals surface area contributed by atoms with Crippen LogP contribution in [0.4, 0.5) is 15.6 Å². The number of thiazole rings is 1. The maximum atomic E-state index is 11.8. The largest absolute Gasteiger partial charge is 0.334 e. The maximum Gasteiger partial charge on any atom is 0.319 e. The lowest BCUT2D eigenvalue weighted by atomic mass is 10.3. The van der Waals surface area contributed by atoms with Crippen LogP contribution in [0.1, 0.15) is 12.8 Å². The van der Waals surface area contributed by atoms with Crippen LogP contribution in [0.3, 0.4) is 0 Å². The summed E-state index contributed by atoms with van der Waals surface area (Å²) >= 11 is 1.25. The number of aromatic nitrogens is 1. The van der Waals surface area contributed by atoms with Crippen molar-refractivity contribution in [2.75, 3.05) is 16.8 Å². The van der Waals surface area contributed by atoms with Crippen molar-refractivity contribution in [1.29, 1.82) is 0 Å². The third-order valence-corrected chi connectivity index (χ3v) is 4.29. The molecular formula is C15H14N4O3S. The normalized spacial score (nSPS) is 14.3. The lowest BCUT2D eigenvalue weighted by Gasteiger charge is -2.07. The molecule has 2 heterocycles. The predicted octanol–water partition coefficient (Wildman–Crippen LogP) is 2.26. The number of imide groups is 1. The van der Waals surface area contributed by atoms with Gasteiger partial charge >= 0.3 is 6.03 Å². The predicted molar refractivity (Wildman–Crippen MR) is 88.6 cm³/mol. The van der Waals surface area contributed by atoms with Crippen molar-refractivity contribution in [3.8, 4) is 0 Å². The van der Waals surface area contributed by atoms with Crippen LogP contribution in [0, 0.1) is 0 Å². The van der Waals surface area contributed by atoms with E-state index >= 15 is 0 Å². The molecule has 1 aromatic heterocycles. The van der Waals surface area contributed by atoms with Gasteiger partial charge in [0, 0.05) is 25.1 Å². The number of nitrogens with zero attached hydrogens (tertiary/aromatic N) is 2. The first-order chi connectivity index (χ1) is 11.1. The Morgan fingerprint density at radius 2 is 2.09 bits per heavy atom. The molecule has 23 heavy (non-hydrogen) atoms. The standard InChI is InChI=1S/C15H14N4O3S/c1-2-7-16-14(22)17-9-3-4-10-11(8-9)23-15(18-10)19-12(20)5-6-13(19)21/h2-4,8H,1,5-7H2,(H2,16,17,22). The molecule has 0 spiro atoms. The number of rotatable bonds is 4. The van der Waals surface area contributed by atoms with E-state index in [1.165, 1.54) is 11.3 Å². The number of carbonyl (C=O) groups is 3. The van der Waals surface area contributed by atoms with Gasteiger partial charge in [0.25, 0.3) is 0 Å². The van der Waals surface area contributed by atoms with Gasteiger partial charge in [-0.25, -0.2) is 14.7 Å². The van der Waals surface area contributed by atoms with Gasteiger partial charge in [-0.1, -0.05) is 17.4 Å². The van der Waals surface area contributed by atoms with E-state index in [0.717, 1.165) is 9.60 Å². The number of carbonyl (C=O) groups excluding carboxylic acids is 3. The zero-order valence-corrected chi connectivity index (χ0v) is 13.0. The molecule has 1 aromatic carbocycles. The molecule has 0 bridgehead atoms. The van der Waals surface area contributed by atoms with Crippen LogP contribution < -0.4 is 15.5 Å². The Balaban J connectivity index is 1.83. The second-order valence-electron chi connectivity index (χ2n) is 4.93. The molecule has 0 atom stereocenters. The Bertz CT molecular complexity index is 798. The third kappa shape index (κ3) is 3.07. The van der Waals surface area contributed by atoms with E-state index in [-0.39, 0.29) is 30.7 Å². The smallest absolute Gasteiger partial charge is 0.319 e. The molecule has 0 saturated carbocycles. The third-order valence-electron chi connectivity index (χ3n) is 3.28. The quantitative estimate of drug-likeness (QED) is 0.664. The molecule has 1 fully saturated rings. The fourth-order valence-electron chi connectivity index (χ4n) is 2.22. The highest BCUT2D eigenvalue weighted by Gasteiger charge is 2.32. The average molecular weight is 330 g/mol. The SMILES string of the molecule is C=CCNC(=O)Nc1ccc2nc(N3C(=O)CCC3=O)sc2c1. The molecule has 0 aliphatic carbocycles. The summed E-state index contributed by atoms with van der Waals surface area (Å²) in [5.41, 5.74) is 1.28. The Labute approximate surface area is 136 Å². The molecule has 2 aromatic rings. The van der Waals surface area contributed by atoms with E-state index in [4.69, 9.17) is 0 Å². The zero-order chi connectivity index (χ0) is 16.4. The Kier molecular flexibility index (Phi) is 4.07. The van der Waals surface area contributed by atoms with Crippen LogP contribution in [-0.2, 0) is 9.59 Å². The van der Waals surface area contributed by atoms with E-state index in [1.807, 2.05) is 0 Å². The lowest BCUT2D eigenvalue weighted by molar-refractivity contribution is -0.121. The van der Waals surface area contributed by atoms with Crippen molar-refractivity contribution in [1.82, 2.24) is 10.3 Å². The Morgan fingerprint density at radius 3 is 2.78 bits per heavy atom. The number of amides is 4. The molecule has 1 saturated heterocycles. The number of benzene rings is 1. The van der Waals surface area contributed by atoms with Crippen molar-refractivity contribution in [3.63, 3.8) is 0 Å². The molecule has 7 nitrogen and oxygen atoms in total. The first kappa shape index (κ1) is 15.2. The highest BCUT2D eigenvalue weighted by Crippen LogP contribution is 2.33. The second kappa shape index (κ2) is 6.17. The summed E-state index contributed by atoms with van der Waals surface area (Å²) in [6, 6.07) is 4.88. The molecule has 0 radical (unpaired) electrons. The maximum absolute atomic E-state index is 11.8. The van der Waals surface area contributed by atoms with Crippen LogP contribution in [0.15, 0.2) is 30.9 Å². The van der Waals surface area contributed by atoms with Crippen LogP contribution in [-0.4, -0.2) is 29.4 Å². The summed E-state index contributed by atoms with van der Waals surface area (Å²) in [7, 11) is 0. The summed E-state index contributed by atoms with van der Waals surface area (Å²) in [4.78, 5) is 40.6. The van der Waals surface area contributed by atoms with Gasteiger partial charge in [0.1, 0.15) is 0 Å². The molecule has 0 unspecified atom stereocenters. The van der Waals surface area contributed by atoms with Gasteiger partial charge in [-0.2, -0.15) is 0 Å². The van der Waals surface area contributed by atoms with Gasteiger partial charge in [0.15, 0.2) is 5.13 Å². The van der Waals surface area contributed by atoms with E-state index in [1.54, 1.807) is 24.3 Å². The molecule has 8 heteroatoms. The summed E-state index contributed by atoms with van der Waals surface area (Å²) in [6.07, 6.45) is 2.04. The number of hydrogen-bond acceptors (Lipinski definition) is 5. The van der Waals surface area contributed by atoms with Crippen molar-refractivity contribution in [2.24, 2.45) is 0 Å². The fraction of sp³-hybridized carbons (Fsp3) is 0.200. The average Bonchev–Trinajstić information content (AvgIpc) is 3.07. The molecular weight excluding hydrogens is 316 g/mol. The number of nitrogens with one attached hydrogen (secondary N) is 2. The summed E-state index contributed by atoms with van der Waals surface area (Å²) < 4.78 is 0.786. The number of hydrogen-bond donors (Lipinski definition) is 2. The Morgan fingerprint density at radius 1 is 1.35 bits per heavy atom. The van der Waals surface area contributed by atoms with Gasteiger partial charge in [0.05, 0.1) is 10.2 Å².